The average Bonchev–Trinajstić information content (AvgIpc) is 3.13. The minimum absolute atomic E-state index is 0.00468. The predicted octanol–water partition coefficient (Wildman–Crippen LogP) is 0.469. The van der Waals surface area contributed by atoms with E-state index in [4.69, 9.17) is 0 Å². The summed E-state index contributed by atoms with van der Waals surface area (Å²) >= 11 is 0. The number of hydrogen-bond donors (Lipinski definition) is 1. The van der Waals surface area contributed by atoms with Crippen molar-refractivity contribution >= 4 is 17.8 Å². The highest BCUT2D eigenvalue weighted by Crippen LogP contribution is 2.35. The number of piperidine rings is 1. The summed E-state index contributed by atoms with van der Waals surface area (Å²) < 4.78 is 0. The van der Waals surface area contributed by atoms with Crippen LogP contribution in [0, 0.1) is 0 Å². The Balaban J connectivity index is 1.82. The molecule has 0 aromatic heterocycles. The number of urea groups is 1. The quantitative estimate of drug-likeness (QED) is 0.738. The van der Waals surface area contributed by atoms with Gasteiger partial charge in [0.1, 0.15) is 6.04 Å². The molecule has 0 aromatic rings. The Morgan fingerprint density at radius 3 is 2.37 bits per heavy atom. The van der Waals surface area contributed by atoms with Crippen molar-refractivity contribution in [2.45, 2.75) is 63.7 Å². The number of nitrogens with zero attached hydrogens (tertiary/aromatic N) is 2. The lowest BCUT2D eigenvalue weighted by Crippen LogP contribution is -2.56. The molecule has 4 amide bonds. The highest BCUT2D eigenvalue weighted by molar-refractivity contribution is 6.04. The fraction of sp³-hybridized carbons (Fsp3) is 0.769. The van der Waals surface area contributed by atoms with Crippen LogP contribution in [0.1, 0.15) is 39.5 Å². The summed E-state index contributed by atoms with van der Waals surface area (Å²) in [6.45, 7) is 3.65. The van der Waals surface area contributed by atoms with E-state index in [1.807, 2.05) is 6.92 Å². The predicted molar refractivity (Wildman–Crippen MR) is 67.2 cm³/mol. The molecule has 6 heteroatoms. The lowest BCUT2D eigenvalue weighted by molar-refractivity contribution is -0.133. The first-order valence-electron chi connectivity index (χ1n) is 6.95. The normalized spacial score (nSPS) is 35.9. The minimum Gasteiger partial charge on any atom is -0.352 e. The van der Waals surface area contributed by atoms with E-state index in [1.54, 1.807) is 11.8 Å². The maximum atomic E-state index is 12.5. The van der Waals surface area contributed by atoms with E-state index >= 15 is 0 Å². The molecule has 0 aromatic carbocycles. The molecule has 3 atom stereocenters. The van der Waals surface area contributed by atoms with Crippen LogP contribution in [-0.2, 0) is 9.59 Å². The molecule has 0 radical (unpaired) electrons. The summed E-state index contributed by atoms with van der Waals surface area (Å²) in [7, 11) is 0. The van der Waals surface area contributed by atoms with Crippen molar-refractivity contribution < 1.29 is 14.4 Å². The van der Waals surface area contributed by atoms with Crippen molar-refractivity contribution in [3.8, 4) is 0 Å². The molecular weight excluding hydrogens is 246 g/mol. The van der Waals surface area contributed by atoms with Gasteiger partial charge in [0.25, 0.3) is 5.91 Å². The summed E-state index contributed by atoms with van der Waals surface area (Å²) in [6.07, 6.45) is 2.93. The van der Waals surface area contributed by atoms with Gasteiger partial charge in [0, 0.05) is 18.5 Å². The smallest absolute Gasteiger partial charge is 0.328 e. The van der Waals surface area contributed by atoms with Crippen molar-refractivity contribution in [1.82, 2.24) is 15.1 Å². The van der Waals surface area contributed by atoms with E-state index in [2.05, 4.69) is 5.32 Å². The van der Waals surface area contributed by atoms with E-state index < -0.39 is 0 Å². The SMILES string of the molecule is CC1NC(=O)CCC1N1C(=O)C(C)N(C2CC2)C1=O. The van der Waals surface area contributed by atoms with E-state index in [0.29, 0.717) is 12.8 Å². The molecule has 2 saturated heterocycles. The third-order valence-corrected chi connectivity index (χ3v) is 4.34. The topological polar surface area (TPSA) is 69.7 Å². The van der Waals surface area contributed by atoms with Crippen molar-refractivity contribution in [1.29, 1.82) is 0 Å². The monoisotopic (exact) mass is 265 g/mol. The lowest BCUT2D eigenvalue weighted by atomic mass is 9.98. The third kappa shape index (κ3) is 1.89. The summed E-state index contributed by atoms with van der Waals surface area (Å²) in [4.78, 5) is 39.2. The fourth-order valence-electron chi connectivity index (χ4n) is 3.14. The van der Waals surface area contributed by atoms with Gasteiger partial charge in [-0.25, -0.2) is 4.79 Å². The zero-order chi connectivity index (χ0) is 13.7. The number of rotatable bonds is 2. The Kier molecular flexibility index (Phi) is 2.76. The molecule has 2 heterocycles. The molecule has 1 aliphatic carbocycles. The van der Waals surface area contributed by atoms with Gasteiger partial charge in [-0.3, -0.25) is 14.5 Å². The van der Waals surface area contributed by atoms with E-state index in [9.17, 15) is 14.4 Å². The van der Waals surface area contributed by atoms with E-state index in [0.717, 1.165) is 12.8 Å². The fourth-order valence-corrected chi connectivity index (χ4v) is 3.14. The number of carbonyl (C=O) groups excluding carboxylic acids is 3. The van der Waals surface area contributed by atoms with Crippen LogP contribution in [0.25, 0.3) is 0 Å². The summed E-state index contributed by atoms with van der Waals surface area (Å²) in [5.74, 6) is -0.125. The first-order valence-corrected chi connectivity index (χ1v) is 6.95. The van der Waals surface area contributed by atoms with E-state index in [-0.39, 0.29) is 42.0 Å². The number of hydrogen-bond acceptors (Lipinski definition) is 3. The zero-order valence-corrected chi connectivity index (χ0v) is 11.3. The van der Waals surface area contributed by atoms with Crippen molar-refractivity contribution in [2.24, 2.45) is 0 Å². The standard InChI is InChI=1S/C13H19N3O3/c1-7-10(5-6-11(17)14-7)16-12(18)8(2)15(13(16)19)9-3-4-9/h7-10H,3-6H2,1-2H3,(H,14,17). The summed E-state index contributed by atoms with van der Waals surface area (Å²) in [5, 5.41) is 2.82. The highest BCUT2D eigenvalue weighted by atomic mass is 16.2. The van der Waals surface area contributed by atoms with Gasteiger partial charge >= 0.3 is 6.03 Å². The minimum atomic E-state index is -0.357. The molecule has 6 nitrogen and oxygen atoms in total. The van der Waals surface area contributed by atoms with Gasteiger partial charge in [-0.1, -0.05) is 0 Å². The van der Waals surface area contributed by atoms with Crippen molar-refractivity contribution in [3.63, 3.8) is 0 Å². The van der Waals surface area contributed by atoms with Gasteiger partial charge in [-0.15, -0.1) is 0 Å². The Bertz CT molecular complexity index is 446. The molecule has 3 unspecified atom stereocenters. The average molecular weight is 265 g/mol. The Labute approximate surface area is 112 Å². The van der Waals surface area contributed by atoms with Crippen LogP contribution in [-0.4, -0.2) is 51.8 Å². The molecule has 1 saturated carbocycles. The van der Waals surface area contributed by atoms with Gasteiger partial charge in [0.2, 0.25) is 5.91 Å². The second-order valence-corrected chi connectivity index (χ2v) is 5.77. The second-order valence-electron chi connectivity index (χ2n) is 5.77. The molecule has 3 fully saturated rings. The van der Waals surface area contributed by atoms with Crippen LogP contribution in [0.15, 0.2) is 0 Å². The van der Waals surface area contributed by atoms with Gasteiger partial charge in [0.05, 0.1) is 6.04 Å². The number of imide groups is 1. The number of amides is 4. The molecule has 19 heavy (non-hydrogen) atoms. The molecular formula is C13H19N3O3. The van der Waals surface area contributed by atoms with E-state index in [1.165, 1.54) is 4.90 Å². The maximum Gasteiger partial charge on any atom is 0.328 e. The number of nitrogens with one attached hydrogen (secondary N) is 1. The Morgan fingerprint density at radius 2 is 1.79 bits per heavy atom. The second kappa shape index (κ2) is 4.21. The van der Waals surface area contributed by atoms with Crippen molar-refractivity contribution in [3.05, 3.63) is 0 Å². The Morgan fingerprint density at radius 1 is 1.11 bits per heavy atom. The summed E-state index contributed by atoms with van der Waals surface area (Å²) in [6, 6.07) is -0.660. The first kappa shape index (κ1) is 12.4. The zero-order valence-electron chi connectivity index (χ0n) is 11.3. The van der Waals surface area contributed by atoms with Gasteiger partial charge < -0.3 is 10.2 Å². The molecule has 0 bridgehead atoms. The number of carbonyl (C=O) groups is 3. The van der Waals surface area contributed by atoms with Crippen LogP contribution in [0.5, 0.6) is 0 Å². The Hall–Kier alpha value is -1.59. The van der Waals surface area contributed by atoms with Crippen LogP contribution < -0.4 is 5.32 Å². The van der Waals surface area contributed by atoms with Gasteiger partial charge in [0.15, 0.2) is 0 Å². The van der Waals surface area contributed by atoms with Crippen LogP contribution in [0.4, 0.5) is 4.79 Å². The third-order valence-electron chi connectivity index (χ3n) is 4.34. The highest BCUT2D eigenvalue weighted by Gasteiger charge is 2.52. The molecule has 1 N–H and O–H groups in total. The first-order chi connectivity index (χ1) is 9.00. The van der Waals surface area contributed by atoms with Gasteiger partial charge in [-0.2, -0.15) is 0 Å². The van der Waals surface area contributed by atoms with Crippen LogP contribution in [0.2, 0.25) is 0 Å². The van der Waals surface area contributed by atoms with Gasteiger partial charge in [-0.05, 0) is 33.1 Å². The summed E-state index contributed by atoms with van der Waals surface area (Å²) in [5.41, 5.74) is 0. The molecule has 2 aliphatic heterocycles. The molecule has 0 spiro atoms. The van der Waals surface area contributed by atoms with Crippen molar-refractivity contribution in [2.75, 3.05) is 0 Å². The molecule has 3 rings (SSSR count). The largest absolute Gasteiger partial charge is 0.352 e. The van der Waals surface area contributed by atoms with Crippen LogP contribution >= 0.6 is 0 Å². The molecule has 3 aliphatic rings. The lowest BCUT2D eigenvalue weighted by Gasteiger charge is -2.34. The van der Waals surface area contributed by atoms with Crippen LogP contribution in [0.3, 0.4) is 0 Å². The maximum absolute atomic E-state index is 12.5. The molecule has 104 valence electrons.